The number of carbonyl (C=O) groups is 3. The van der Waals surface area contributed by atoms with Crippen molar-refractivity contribution in [1.82, 2.24) is 10.3 Å². The van der Waals surface area contributed by atoms with Gasteiger partial charge >= 0.3 is 11.8 Å². The second kappa shape index (κ2) is 11.5. The molecule has 0 aliphatic carbocycles. The highest BCUT2D eigenvalue weighted by molar-refractivity contribution is 6.45. The summed E-state index contributed by atoms with van der Waals surface area (Å²) >= 11 is 11.9. The van der Waals surface area contributed by atoms with Crippen molar-refractivity contribution in [2.45, 2.75) is 0 Å². The number of morpholine rings is 1. The van der Waals surface area contributed by atoms with Crippen molar-refractivity contribution in [2.24, 2.45) is 5.10 Å². The molecule has 0 unspecified atom stereocenters. The minimum atomic E-state index is -1.00. The zero-order valence-electron chi connectivity index (χ0n) is 16.8. The molecule has 32 heavy (non-hydrogen) atoms. The van der Waals surface area contributed by atoms with Crippen LogP contribution in [0.15, 0.2) is 47.6 Å². The predicted molar refractivity (Wildman–Crippen MR) is 120 cm³/mol. The molecular weight excluding hydrogens is 459 g/mol. The molecule has 1 fully saturated rings. The number of hydrogen-bond donors (Lipinski definition) is 2. The number of amides is 3. The molecule has 2 aromatic carbocycles. The molecule has 0 bridgehead atoms. The van der Waals surface area contributed by atoms with Crippen molar-refractivity contribution in [2.75, 3.05) is 38.2 Å². The van der Waals surface area contributed by atoms with Crippen molar-refractivity contribution in [3.05, 3.63) is 58.1 Å². The van der Waals surface area contributed by atoms with E-state index in [4.69, 9.17) is 32.7 Å². The summed E-state index contributed by atoms with van der Waals surface area (Å²) in [6.45, 7) is 1.93. The number of hydrogen-bond acceptors (Lipinski definition) is 6. The Hall–Kier alpha value is -3.14. The van der Waals surface area contributed by atoms with Gasteiger partial charge in [0.1, 0.15) is 5.75 Å². The van der Waals surface area contributed by atoms with Gasteiger partial charge in [0.15, 0.2) is 6.61 Å². The first-order valence-electron chi connectivity index (χ1n) is 9.61. The molecule has 1 aliphatic heterocycles. The Kier molecular flexibility index (Phi) is 8.43. The summed E-state index contributed by atoms with van der Waals surface area (Å²) in [7, 11) is 0. The number of rotatable bonds is 6. The predicted octanol–water partition coefficient (Wildman–Crippen LogP) is 2.32. The summed E-state index contributed by atoms with van der Waals surface area (Å²) in [6, 6.07) is 11.5. The number of nitrogens with zero attached hydrogens (tertiary/aromatic N) is 2. The number of benzene rings is 2. The lowest BCUT2D eigenvalue weighted by atomic mass is 10.2. The minimum Gasteiger partial charge on any atom is -0.483 e. The lowest BCUT2D eigenvalue weighted by Gasteiger charge is -2.26. The fraction of sp³-hybridized carbons (Fsp3) is 0.238. The highest BCUT2D eigenvalue weighted by Gasteiger charge is 2.18. The van der Waals surface area contributed by atoms with Crippen LogP contribution < -0.4 is 15.5 Å². The van der Waals surface area contributed by atoms with E-state index in [1.54, 1.807) is 41.3 Å². The Morgan fingerprint density at radius 3 is 2.59 bits per heavy atom. The molecule has 3 rings (SSSR count). The van der Waals surface area contributed by atoms with Crippen LogP contribution in [0.3, 0.4) is 0 Å². The van der Waals surface area contributed by atoms with Crippen LogP contribution in [0.1, 0.15) is 5.56 Å². The van der Waals surface area contributed by atoms with Gasteiger partial charge in [0.05, 0.1) is 35.2 Å². The first-order chi connectivity index (χ1) is 15.5. The average molecular weight is 479 g/mol. The second-order valence-corrected chi connectivity index (χ2v) is 7.36. The molecule has 0 saturated carbocycles. The highest BCUT2D eigenvalue weighted by Crippen LogP contribution is 2.29. The summed E-state index contributed by atoms with van der Waals surface area (Å²) < 4.78 is 10.8. The van der Waals surface area contributed by atoms with Crippen molar-refractivity contribution in [1.29, 1.82) is 0 Å². The Morgan fingerprint density at radius 2 is 1.81 bits per heavy atom. The number of halogens is 2. The Morgan fingerprint density at radius 1 is 1.06 bits per heavy atom. The van der Waals surface area contributed by atoms with E-state index in [1.165, 1.54) is 12.3 Å². The van der Waals surface area contributed by atoms with Crippen LogP contribution in [0.2, 0.25) is 10.0 Å². The molecule has 2 N–H and O–H groups in total. The SMILES string of the molecule is O=C(N/N=C\c1ccccc1OCC(=O)N1CCOCC1)C(=O)Nc1cccc(Cl)c1Cl. The van der Waals surface area contributed by atoms with Gasteiger partial charge in [0.2, 0.25) is 0 Å². The topological polar surface area (TPSA) is 109 Å². The Bertz CT molecular complexity index is 1020. The largest absolute Gasteiger partial charge is 0.483 e. The van der Waals surface area contributed by atoms with Crippen LogP contribution in [0.4, 0.5) is 5.69 Å². The van der Waals surface area contributed by atoms with Gasteiger partial charge in [-0.15, -0.1) is 0 Å². The van der Waals surface area contributed by atoms with E-state index in [0.29, 0.717) is 37.6 Å². The van der Waals surface area contributed by atoms with Gasteiger partial charge in [-0.1, -0.05) is 41.4 Å². The van der Waals surface area contributed by atoms with Crippen LogP contribution in [-0.4, -0.2) is 61.7 Å². The van der Waals surface area contributed by atoms with Crippen LogP contribution >= 0.6 is 23.2 Å². The smallest absolute Gasteiger partial charge is 0.329 e. The minimum absolute atomic E-state index is 0.122. The summed E-state index contributed by atoms with van der Waals surface area (Å²) in [6.07, 6.45) is 1.31. The summed E-state index contributed by atoms with van der Waals surface area (Å²) in [4.78, 5) is 38.0. The van der Waals surface area contributed by atoms with Gasteiger partial charge in [-0.25, -0.2) is 5.43 Å². The van der Waals surface area contributed by atoms with Gasteiger partial charge in [0, 0.05) is 18.7 Å². The summed E-state index contributed by atoms with van der Waals surface area (Å²) in [5.41, 5.74) is 2.84. The maximum Gasteiger partial charge on any atom is 0.329 e. The standard InChI is InChI=1S/C21H20Cl2N4O5/c22-15-5-3-6-16(19(15)23)25-20(29)21(30)26-24-12-14-4-1-2-7-17(14)32-13-18(28)27-8-10-31-11-9-27/h1-7,12H,8-11,13H2,(H,25,29)(H,26,30)/b24-12-. The molecule has 1 heterocycles. The second-order valence-electron chi connectivity index (χ2n) is 6.57. The normalized spacial score (nSPS) is 13.6. The van der Waals surface area contributed by atoms with E-state index in [2.05, 4.69) is 15.8 Å². The summed E-state index contributed by atoms with van der Waals surface area (Å²) in [5, 5.41) is 6.51. The lowest BCUT2D eigenvalue weighted by molar-refractivity contribution is -0.137. The molecule has 0 radical (unpaired) electrons. The van der Waals surface area contributed by atoms with E-state index in [-0.39, 0.29) is 28.2 Å². The number of anilines is 1. The van der Waals surface area contributed by atoms with Gasteiger partial charge in [-0.3, -0.25) is 14.4 Å². The molecule has 0 atom stereocenters. The number of nitrogens with one attached hydrogen (secondary N) is 2. The van der Waals surface area contributed by atoms with Crippen LogP contribution in [0.25, 0.3) is 0 Å². The maximum absolute atomic E-state index is 12.2. The third-order valence-electron chi connectivity index (χ3n) is 4.41. The van der Waals surface area contributed by atoms with Gasteiger partial charge in [-0.05, 0) is 24.3 Å². The van der Waals surface area contributed by atoms with E-state index in [0.717, 1.165) is 0 Å². The van der Waals surface area contributed by atoms with Crippen molar-refractivity contribution in [3.8, 4) is 5.75 Å². The fourth-order valence-electron chi connectivity index (χ4n) is 2.75. The van der Waals surface area contributed by atoms with Crippen LogP contribution in [-0.2, 0) is 19.1 Å². The molecule has 1 saturated heterocycles. The van der Waals surface area contributed by atoms with Crippen molar-refractivity contribution >= 4 is 52.8 Å². The Balaban J connectivity index is 1.54. The quantitative estimate of drug-likeness (QED) is 0.376. The molecule has 3 amide bonds. The van der Waals surface area contributed by atoms with E-state index < -0.39 is 11.8 Å². The van der Waals surface area contributed by atoms with E-state index >= 15 is 0 Å². The monoisotopic (exact) mass is 478 g/mol. The van der Waals surface area contributed by atoms with Crippen LogP contribution in [0.5, 0.6) is 5.75 Å². The molecule has 0 spiro atoms. The van der Waals surface area contributed by atoms with Gasteiger partial charge in [0.25, 0.3) is 5.91 Å². The van der Waals surface area contributed by atoms with Crippen molar-refractivity contribution in [3.63, 3.8) is 0 Å². The highest BCUT2D eigenvalue weighted by atomic mass is 35.5. The van der Waals surface area contributed by atoms with E-state index in [1.807, 2.05) is 0 Å². The number of para-hydroxylation sites is 1. The molecular formula is C21H20Cl2N4O5. The number of ether oxygens (including phenoxy) is 2. The van der Waals surface area contributed by atoms with Crippen LogP contribution in [0, 0.1) is 0 Å². The number of carbonyl (C=O) groups excluding carboxylic acids is 3. The molecule has 168 valence electrons. The third kappa shape index (κ3) is 6.43. The first-order valence-corrected chi connectivity index (χ1v) is 10.4. The first kappa shape index (κ1) is 23.5. The molecule has 1 aliphatic rings. The van der Waals surface area contributed by atoms with Gasteiger partial charge in [-0.2, -0.15) is 5.10 Å². The zero-order valence-corrected chi connectivity index (χ0v) is 18.4. The number of hydrazone groups is 1. The zero-order chi connectivity index (χ0) is 22.9. The van der Waals surface area contributed by atoms with E-state index in [9.17, 15) is 14.4 Å². The molecule has 2 aromatic rings. The summed E-state index contributed by atoms with van der Waals surface area (Å²) in [5.74, 6) is -1.71. The molecule has 11 heteroatoms. The Labute approximate surface area is 194 Å². The lowest BCUT2D eigenvalue weighted by Crippen LogP contribution is -2.43. The maximum atomic E-state index is 12.2. The van der Waals surface area contributed by atoms with Crippen molar-refractivity contribution < 1.29 is 23.9 Å². The fourth-order valence-corrected chi connectivity index (χ4v) is 3.10. The molecule has 0 aromatic heterocycles. The van der Waals surface area contributed by atoms with Gasteiger partial charge < -0.3 is 19.7 Å². The third-order valence-corrected chi connectivity index (χ3v) is 5.23. The molecule has 9 nitrogen and oxygen atoms in total. The average Bonchev–Trinajstić information content (AvgIpc) is 2.81.